The summed E-state index contributed by atoms with van der Waals surface area (Å²) in [6.07, 6.45) is 22.8. The summed E-state index contributed by atoms with van der Waals surface area (Å²) < 4.78 is 0. The minimum absolute atomic E-state index is 0.728. The van der Waals surface area contributed by atoms with Crippen LogP contribution in [0.3, 0.4) is 0 Å². The van der Waals surface area contributed by atoms with Gasteiger partial charge in [-0.05, 0) is 86.7 Å². The van der Waals surface area contributed by atoms with E-state index in [-0.39, 0.29) is 0 Å². The van der Waals surface area contributed by atoms with Crippen LogP contribution in [0.2, 0.25) is 0 Å². The number of fused-ring (bicyclic) bond motifs is 2. The maximum Gasteiger partial charge on any atom is 0.0921 e. The molecule has 0 radical (unpaired) electrons. The summed E-state index contributed by atoms with van der Waals surface area (Å²) in [6.45, 7) is 2.12. The van der Waals surface area contributed by atoms with E-state index in [1.807, 2.05) is 18.6 Å². The number of aryl methyl sites for hydroxylation is 2. The van der Waals surface area contributed by atoms with Crippen LogP contribution in [0.1, 0.15) is 66.7 Å². The van der Waals surface area contributed by atoms with E-state index in [1.54, 1.807) is 12.7 Å². The second kappa shape index (κ2) is 9.37. The first-order valence-electron chi connectivity index (χ1n) is 12.1. The third-order valence-corrected chi connectivity index (χ3v) is 7.71. The van der Waals surface area contributed by atoms with E-state index in [2.05, 4.69) is 37.9 Å². The van der Waals surface area contributed by atoms with Crippen molar-refractivity contribution in [1.82, 2.24) is 24.9 Å². The van der Waals surface area contributed by atoms with Gasteiger partial charge in [0.2, 0.25) is 0 Å². The van der Waals surface area contributed by atoms with Crippen molar-refractivity contribution in [1.29, 1.82) is 0 Å². The molecular weight excluding hydrogens is 382 g/mol. The van der Waals surface area contributed by atoms with E-state index in [0.29, 0.717) is 0 Å². The molecule has 5 nitrogen and oxygen atoms in total. The Bertz CT molecular complexity index is 934. The van der Waals surface area contributed by atoms with Crippen molar-refractivity contribution in [2.45, 2.75) is 71.1 Å². The van der Waals surface area contributed by atoms with Crippen LogP contribution in [0.5, 0.6) is 0 Å². The lowest BCUT2D eigenvalue weighted by atomic mass is 9.83. The molecule has 0 spiro atoms. The van der Waals surface area contributed by atoms with Crippen LogP contribution in [-0.4, -0.2) is 24.9 Å². The molecule has 3 aromatic rings. The Morgan fingerprint density at radius 2 is 1.55 bits per heavy atom. The number of hydrogen-bond acceptors (Lipinski definition) is 3. The summed E-state index contributed by atoms with van der Waals surface area (Å²) in [6, 6.07) is 2.29. The van der Waals surface area contributed by atoms with E-state index in [9.17, 15) is 0 Å². The van der Waals surface area contributed by atoms with Gasteiger partial charge >= 0.3 is 0 Å². The van der Waals surface area contributed by atoms with Crippen LogP contribution in [0, 0.1) is 30.6 Å². The van der Waals surface area contributed by atoms with Crippen molar-refractivity contribution in [2.75, 3.05) is 0 Å². The number of imidazole rings is 2. The third kappa shape index (κ3) is 5.08. The zero-order chi connectivity index (χ0) is 21.0. The van der Waals surface area contributed by atoms with E-state index in [0.717, 1.165) is 42.9 Å². The normalized spacial score (nSPS) is 26.7. The van der Waals surface area contributed by atoms with Crippen LogP contribution in [0.4, 0.5) is 0 Å². The molecule has 3 aliphatic rings. The number of hydrogen-bond donors (Lipinski definition) is 2. The maximum absolute atomic E-state index is 4.53. The third-order valence-electron chi connectivity index (χ3n) is 7.71. The number of nitrogens with zero attached hydrogens (tertiary/aromatic N) is 3. The molecule has 3 unspecified atom stereocenters. The quantitative estimate of drug-likeness (QED) is 0.610. The smallest absolute Gasteiger partial charge is 0.0921 e. The summed E-state index contributed by atoms with van der Waals surface area (Å²) >= 11 is 0. The molecule has 2 saturated carbocycles. The van der Waals surface area contributed by atoms with Crippen LogP contribution in [-0.2, 0) is 25.7 Å². The van der Waals surface area contributed by atoms with E-state index < -0.39 is 0 Å². The topological polar surface area (TPSA) is 70.2 Å². The Morgan fingerprint density at radius 1 is 0.871 bits per heavy atom. The summed E-state index contributed by atoms with van der Waals surface area (Å²) in [5.74, 6) is 3.81. The molecule has 164 valence electrons. The van der Waals surface area contributed by atoms with Crippen LogP contribution in [0.25, 0.3) is 0 Å². The minimum atomic E-state index is 0.728. The van der Waals surface area contributed by atoms with Gasteiger partial charge in [-0.3, -0.25) is 4.98 Å². The Balaban J connectivity index is 0.000000134. The molecule has 0 saturated heterocycles. The number of pyridine rings is 1. The van der Waals surface area contributed by atoms with Gasteiger partial charge in [0.15, 0.2) is 0 Å². The Hall–Kier alpha value is -2.43. The molecule has 3 aromatic heterocycles. The molecule has 6 rings (SSSR count). The standard InChI is InChI=1S/C14H17N3.C12H18N2/c1-10-4-12-5-11(2-3-14(12)16-7-10)6-13-8-15-9-17-13;1-2-10-4-9(5-11(10)3-1)6-12-7-13-8-14-12/h4,7-9,11H,2-3,5-6H2,1H3,(H,15,17);7-11H,1-6H2,(H,13,14). The predicted molar refractivity (Wildman–Crippen MR) is 123 cm³/mol. The summed E-state index contributed by atoms with van der Waals surface area (Å²) in [5.41, 5.74) is 6.59. The van der Waals surface area contributed by atoms with Crippen molar-refractivity contribution >= 4 is 0 Å². The summed E-state index contributed by atoms with van der Waals surface area (Å²) in [4.78, 5) is 19.1. The molecule has 2 fully saturated rings. The molecule has 0 aromatic carbocycles. The molecule has 3 heterocycles. The van der Waals surface area contributed by atoms with Crippen molar-refractivity contribution in [3.63, 3.8) is 0 Å². The van der Waals surface area contributed by atoms with E-state index in [1.165, 1.54) is 73.2 Å². The van der Waals surface area contributed by atoms with Crippen LogP contribution < -0.4 is 0 Å². The van der Waals surface area contributed by atoms with E-state index in [4.69, 9.17) is 0 Å². The highest BCUT2D eigenvalue weighted by Gasteiger charge is 2.37. The SMILES string of the molecule is Cc1cnc2c(c1)CC(Cc1cnc[nH]1)CC2.c1ncc(CC2CC3CCCC3C2)[nH]1. The summed E-state index contributed by atoms with van der Waals surface area (Å²) in [5, 5.41) is 0. The number of aromatic amines is 2. The van der Waals surface area contributed by atoms with E-state index >= 15 is 0 Å². The first-order chi connectivity index (χ1) is 15.2. The molecule has 2 N–H and O–H groups in total. The molecule has 0 bridgehead atoms. The summed E-state index contributed by atoms with van der Waals surface area (Å²) in [7, 11) is 0. The van der Waals surface area contributed by atoms with Gasteiger partial charge in [0.05, 0.1) is 12.7 Å². The highest BCUT2D eigenvalue weighted by molar-refractivity contribution is 5.27. The maximum atomic E-state index is 4.53. The lowest BCUT2D eigenvalue weighted by Crippen LogP contribution is -2.17. The molecule has 3 aliphatic carbocycles. The Morgan fingerprint density at radius 3 is 2.19 bits per heavy atom. The van der Waals surface area contributed by atoms with Crippen molar-refractivity contribution in [2.24, 2.45) is 23.7 Å². The number of H-pyrrole nitrogens is 2. The van der Waals surface area contributed by atoms with Crippen LogP contribution >= 0.6 is 0 Å². The highest BCUT2D eigenvalue weighted by Crippen LogP contribution is 2.47. The molecule has 5 heteroatoms. The second-order valence-electron chi connectivity index (χ2n) is 10.1. The fraction of sp³-hybridized carbons (Fsp3) is 0.577. The van der Waals surface area contributed by atoms with Gasteiger partial charge in [-0.2, -0.15) is 0 Å². The van der Waals surface area contributed by atoms with Crippen molar-refractivity contribution in [3.05, 3.63) is 65.5 Å². The average Bonchev–Trinajstić information content (AvgIpc) is 3.54. The first-order valence-corrected chi connectivity index (χ1v) is 12.1. The highest BCUT2D eigenvalue weighted by atomic mass is 14.9. The fourth-order valence-corrected chi connectivity index (χ4v) is 6.26. The largest absolute Gasteiger partial charge is 0.348 e. The van der Waals surface area contributed by atoms with Gasteiger partial charge in [0.1, 0.15) is 0 Å². The zero-order valence-corrected chi connectivity index (χ0v) is 18.7. The first kappa shape index (κ1) is 20.5. The lowest BCUT2D eigenvalue weighted by Gasteiger charge is -2.23. The molecule has 3 atom stereocenters. The van der Waals surface area contributed by atoms with Gasteiger partial charge in [-0.25, -0.2) is 9.97 Å². The van der Waals surface area contributed by atoms with Crippen LogP contribution in [0.15, 0.2) is 37.3 Å². The molecule has 0 aliphatic heterocycles. The molecule has 31 heavy (non-hydrogen) atoms. The number of rotatable bonds is 4. The van der Waals surface area contributed by atoms with Crippen molar-refractivity contribution in [3.8, 4) is 0 Å². The number of nitrogens with one attached hydrogen (secondary N) is 2. The number of aromatic nitrogens is 5. The monoisotopic (exact) mass is 417 g/mol. The fourth-order valence-electron chi connectivity index (χ4n) is 6.26. The lowest BCUT2D eigenvalue weighted by molar-refractivity contribution is 0.446. The van der Waals surface area contributed by atoms with Crippen molar-refractivity contribution < 1.29 is 0 Å². The Kier molecular flexibility index (Phi) is 6.19. The van der Waals surface area contributed by atoms with Gasteiger partial charge in [0.25, 0.3) is 0 Å². The molecule has 0 amide bonds. The molecular formula is C26H35N5. The second-order valence-corrected chi connectivity index (χ2v) is 10.1. The Labute approximate surface area is 185 Å². The van der Waals surface area contributed by atoms with Gasteiger partial charge in [-0.15, -0.1) is 0 Å². The average molecular weight is 418 g/mol. The van der Waals surface area contributed by atoms with Gasteiger partial charge in [0, 0.05) is 35.7 Å². The van der Waals surface area contributed by atoms with Gasteiger partial charge < -0.3 is 9.97 Å². The zero-order valence-electron chi connectivity index (χ0n) is 18.7. The predicted octanol–water partition coefficient (Wildman–Crippen LogP) is 5.24. The van der Waals surface area contributed by atoms with Gasteiger partial charge in [-0.1, -0.05) is 25.3 Å². The minimum Gasteiger partial charge on any atom is -0.348 e.